The highest BCUT2D eigenvalue weighted by atomic mass is 79.9. The third-order valence-corrected chi connectivity index (χ3v) is 5.33. The first-order valence-electron chi connectivity index (χ1n) is 8.84. The number of hydrogen-bond donors (Lipinski definition) is 1. The minimum absolute atomic E-state index is 0.0964. The van der Waals surface area contributed by atoms with E-state index in [-0.39, 0.29) is 5.91 Å². The molecule has 0 radical (unpaired) electrons. The van der Waals surface area contributed by atoms with Gasteiger partial charge in [0.15, 0.2) is 0 Å². The number of fused-ring (bicyclic) bond motifs is 1. The van der Waals surface area contributed by atoms with Crippen molar-refractivity contribution in [3.63, 3.8) is 0 Å². The molecule has 0 atom stereocenters. The second kappa shape index (κ2) is 7.08. The topological polar surface area (TPSA) is 46.9 Å². The van der Waals surface area contributed by atoms with Crippen LogP contribution in [0.3, 0.4) is 0 Å². The zero-order valence-electron chi connectivity index (χ0n) is 14.6. The molecule has 3 aromatic rings. The minimum atomic E-state index is -0.0964. The highest BCUT2D eigenvalue weighted by Gasteiger charge is 2.15. The maximum absolute atomic E-state index is 12.5. The molecule has 0 fully saturated rings. The molecule has 0 bridgehead atoms. The first-order valence-corrected chi connectivity index (χ1v) is 9.63. The number of carbonyl (C=O) groups is 1. The number of aromatic nitrogens is 2. The number of nitrogens with zero attached hydrogens (tertiary/aromatic N) is 2. The molecule has 132 valence electrons. The van der Waals surface area contributed by atoms with Crippen LogP contribution in [0.1, 0.15) is 34.5 Å². The van der Waals surface area contributed by atoms with Crippen LogP contribution in [-0.4, -0.2) is 15.5 Å². The molecule has 1 aromatic heterocycles. The van der Waals surface area contributed by atoms with Crippen LogP contribution in [0.15, 0.2) is 53.1 Å². The summed E-state index contributed by atoms with van der Waals surface area (Å²) in [5, 5.41) is 2.97. The van der Waals surface area contributed by atoms with Crippen LogP contribution < -0.4 is 5.32 Å². The number of benzene rings is 2. The summed E-state index contributed by atoms with van der Waals surface area (Å²) in [6.45, 7) is 2.97. The van der Waals surface area contributed by atoms with Gasteiger partial charge in [-0.05, 0) is 74.2 Å². The molecular formula is C21H20BrN3O. The number of hydrogen-bond acceptors (Lipinski definition) is 2. The van der Waals surface area contributed by atoms with Gasteiger partial charge in [0.1, 0.15) is 5.82 Å². The van der Waals surface area contributed by atoms with E-state index in [0.29, 0.717) is 5.56 Å². The smallest absolute Gasteiger partial charge is 0.255 e. The van der Waals surface area contributed by atoms with Gasteiger partial charge in [-0.2, -0.15) is 0 Å². The van der Waals surface area contributed by atoms with Crippen molar-refractivity contribution in [3.8, 4) is 11.4 Å². The van der Waals surface area contributed by atoms with Gasteiger partial charge in [0, 0.05) is 39.7 Å². The van der Waals surface area contributed by atoms with Gasteiger partial charge >= 0.3 is 0 Å². The van der Waals surface area contributed by atoms with Gasteiger partial charge < -0.3 is 9.88 Å². The normalized spacial score (nSPS) is 13.3. The van der Waals surface area contributed by atoms with Crippen molar-refractivity contribution in [2.24, 2.45) is 0 Å². The zero-order chi connectivity index (χ0) is 18.1. The fourth-order valence-corrected chi connectivity index (χ4v) is 3.92. The molecule has 1 amide bonds. The Morgan fingerprint density at radius 2 is 1.96 bits per heavy atom. The number of carbonyl (C=O) groups excluding carboxylic acids is 1. The fraction of sp³-hybridized carbons (Fsp3) is 0.238. The lowest BCUT2D eigenvalue weighted by molar-refractivity contribution is 0.102. The van der Waals surface area contributed by atoms with Gasteiger partial charge in [-0.15, -0.1) is 0 Å². The second-order valence-electron chi connectivity index (χ2n) is 6.67. The Labute approximate surface area is 161 Å². The Bertz CT molecular complexity index is 960. The zero-order valence-corrected chi connectivity index (χ0v) is 16.2. The van der Waals surface area contributed by atoms with E-state index in [1.54, 1.807) is 0 Å². The number of imidazole rings is 1. The van der Waals surface area contributed by atoms with E-state index in [2.05, 4.69) is 30.8 Å². The molecular weight excluding hydrogens is 390 g/mol. The van der Waals surface area contributed by atoms with Gasteiger partial charge in [-0.3, -0.25) is 4.79 Å². The van der Waals surface area contributed by atoms with E-state index in [1.807, 2.05) is 55.6 Å². The van der Waals surface area contributed by atoms with Gasteiger partial charge in [-0.25, -0.2) is 4.98 Å². The lowest BCUT2D eigenvalue weighted by Crippen LogP contribution is -2.13. The van der Waals surface area contributed by atoms with Crippen molar-refractivity contribution in [1.29, 1.82) is 0 Å². The van der Waals surface area contributed by atoms with Crippen molar-refractivity contribution < 1.29 is 4.79 Å². The van der Waals surface area contributed by atoms with Gasteiger partial charge in [0.2, 0.25) is 0 Å². The lowest BCUT2D eigenvalue weighted by Gasteiger charge is -2.16. The van der Waals surface area contributed by atoms with Crippen molar-refractivity contribution in [1.82, 2.24) is 9.55 Å². The summed E-state index contributed by atoms with van der Waals surface area (Å²) >= 11 is 3.43. The lowest BCUT2D eigenvalue weighted by atomic mass is 10.1. The van der Waals surface area contributed by atoms with Crippen LogP contribution in [0.25, 0.3) is 11.4 Å². The number of nitrogens with one attached hydrogen (secondary N) is 1. The first-order chi connectivity index (χ1) is 12.6. The Hall–Kier alpha value is -2.40. The maximum Gasteiger partial charge on any atom is 0.255 e. The summed E-state index contributed by atoms with van der Waals surface area (Å²) in [4.78, 5) is 17.1. The second-order valence-corrected chi connectivity index (χ2v) is 7.59. The highest BCUT2D eigenvalue weighted by molar-refractivity contribution is 9.10. The molecule has 2 heterocycles. The molecule has 0 spiro atoms. The molecule has 4 nitrogen and oxygen atoms in total. The molecule has 1 N–H and O–H groups in total. The molecule has 2 aromatic carbocycles. The van der Waals surface area contributed by atoms with Crippen LogP contribution in [-0.2, 0) is 13.0 Å². The van der Waals surface area contributed by atoms with Crippen molar-refractivity contribution >= 4 is 27.5 Å². The van der Waals surface area contributed by atoms with Crippen LogP contribution in [0.2, 0.25) is 0 Å². The van der Waals surface area contributed by atoms with Gasteiger partial charge in [0.05, 0.1) is 0 Å². The van der Waals surface area contributed by atoms with Crippen LogP contribution in [0, 0.1) is 6.92 Å². The van der Waals surface area contributed by atoms with Crippen molar-refractivity contribution in [2.45, 2.75) is 32.7 Å². The number of aryl methyl sites for hydroxylation is 2. The third kappa shape index (κ3) is 3.31. The Morgan fingerprint density at radius 3 is 2.73 bits per heavy atom. The summed E-state index contributed by atoms with van der Waals surface area (Å²) < 4.78 is 3.28. The van der Waals surface area contributed by atoms with Crippen molar-refractivity contribution in [3.05, 3.63) is 70.0 Å². The Kier molecular flexibility index (Phi) is 4.64. The first kappa shape index (κ1) is 17.0. The summed E-state index contributed by atoms with van der Waals surface area (Å²) in [5.74, 6) is 0.919. The number of halogens is 1. The minimum Gasteiger partial charge on any atom is -0.328 e. The van der Waals surface area contributed by atoms with E-state index in [0.717, 1.165) is 40.1 Å². The summed E-state index contributed by atoms with van der Waals surface area (Å²) in [5.41, 5.74) is 4.80. The molecule has 0 unspecified atom stereocenters. The van der Waals surface area contributed by atoms with E-state index in [4.69, 9.17) is 0 Å². The average Bonchev–Trinajstić information content (AvgIpc) is 3.06. The molecule has 0 aliphatic carbocycles. The summed E-state index contributed by atoms with van der Waals surface area (Å²) in [6.07, 6.45) is 5.54. The monoisotopic (exact) mass is 409 g/mol. The quantitative estimate of drug-likeness (QED) is 0.645. The van der Waals surface area contributed by atoms with Crippen molar-refractivity contribution in [2.75, 3.05) is 5.32 Å². The molecule has 1 aliphatic rings. The van der Waals surface area contributed by atoms with E-state index >= 15 is 0 Å². The van der Waals surface area contributed by atoms with Crippen LogP contribution >= 0.6 is 15.9 Å². The maximum atomic E-state index is 12.5. The molecule has 0 saturated carbocycles. The predicted molar refractivity (Wildman–Crippen MR) is 107 cm³/mol. The molecule has 26 heavy (non-hydrogen) atoms. The standard InChI is InChI=1S/C21H20BrN3O/c1-14-12-16(22)7-10-19(14)21(26)24-17-8-5-15(6-9-17)20-23-13-18-4-2-3-11-25(18)20/h5-10,12-13H,2-4,11H2,1H3,(H,24,26). The van der Waals surface area contributed by atoms with E-state index in [9.17, 15) is 4.79 Å². The predicted octanol–water partition coefficient (Wildman–Crippen LogP) is 5.21. The summed E-state index contributed by atoms with van der Waals surface area (Å²) in [7, 11) is 0. The Balaban J connectivity index is 1.53. The summed E-state index contributed by atoms with van der Waals surface area (Å²) in [6, 6.07) is 13.6. The number of anilines is 1. The van der Waals surface area contributed by atoms with E-state index < -0.39 is 0 Å². The molecule has 5 heteroatoms. The fourth-order valence-electron chi connectivity index (χ4n) is 3.45. The highest BCUT2D eigenvalue weighted by Crippen LogP contribution is 2.26. The van der Waals surface area contributed by atoms with E-state index in [1.165, 1.54) is 18.5 Å². The third-order valence-electron chi connectivity index (χ3n) is 4.84. The molecule has 1 aliphatic heterocycles. The largest absolute Gasteiger partial charge is 0.328 e. The number of rotatable bonds is 3. The molecule has 0 saturated heterocycles. The number of amides is 1. The SMILES string of the molecule is Cc1cc(Br)ccc1C(=O)Nc1ccc(-c2ncc3n2CCCC3)cc1. The molecule has 4 rings (SSSR count). The van der Waals surface area contributed by atoms with Crippen LogP contribution in [0.5, 0.6) is 0 Å². The Morgan fingerprint density at radius 1 is 1.15 bits per heavy atom. The average molecular weight is 410 g/mol. The van der Waals surface area contributed by atoms with Gasteiger partial charge in [0.25, 0.3) is 5.91 Å². The van der Waals surface area contributed by atoms with Crippen LogP contribution in [0.4, 0.5) is 5.69 Å². The van der Waals surface area contributed by atoms with Gasteiger partial charge in [-0.1, -0.05) is 15.9 Å².